The lowest BCUT2D eigenvalue weighted by atomic mass is 10.3. The summed E-state index contributed by atoms with van der Waals surface area (Å²) in [6.45, 7) is 0. The van der Waals surface area contributed by atoms with E-state index >= 15 is 0 Å². The number of hydrogen-bond acceptors (Lipinski definition) is 3. The predicted molar refractivity (Wildman–Crippen MR) is 89.4 cm³/mol. The van der Waals surface area contributed by atoms with Crippen LogP contribution in [0.4, 0.5) is 17.1 Å². The summed E-state index contributed by atoms with van der Waals surface area (Å²) in [5.74, 6) is 0. The second-order valence-electron chi connectivity index (χ2n) is 4.01. The summed E-state index contributed by atoms with van der Waals surface area (Å²) in [5.41, 5.74) is 1.11. The quantitative estimate of drug-likeness (QED) is 0.480. The van der Waals surface area contributed by atoms with Crippen molar-refractivity contribution in [3.05, 3.63) is 62.6 Å². The number of hydrogen-bond donors (Lipinski definition) is 2. The molecule has 0 aliphatic carbocycles. The second kappa shape index (κ2) is 6.71. The summed E-state index contributed by atoms with van der Waals surface area (Å²) >= 11 is 17.0. The molecular formula is C13H9Cl2N3O2S. The van der Waals surface area contributed by atoms with E-state index in [0.717, 1.165) is 5.69 Å². The normalized spacial score (nSPS) is 10.0. The molecule has 0 saturated carbocycles. The molecule has 0 saturated heterocycles. The molecule has 8 heteroatoms. The van der Waals surface area contributed by atoms with Gasteiger partial charge in [-0.2, -0.15) is 0 Å². The first-order valence-corrected chi connectivity index (χ1v) is 6.89. The van der Waals surface area contributed by atoms with Gasteiger partial charge < -0.3 is 10.6 Å². The van der Waals surface area contributed by atoms with Gasteiger partial charge in [0, 0.05) is 22.8 Å². The van der Waals surface area contributed by atoms with Crippen LogP contribution in [-0.4, -0.2) is 10.0 Å². The Morgan fingerprint density at radius 2 is 1.90 bits per heavy atom. The minimum Gasteiger partial charge on any atom is -0.332 e. The van der Waals surface area contributed by atoms with Crippen LogP contribution >= 0.6 is 35.4 Å². The van der Waals surface area contributed by atoms with Crippen molar-refractivity contribution in [1.82, 2.24) is 0 Å². The van der Waals surface area contributed by atoms with Crippen molar-refractivity contribution in [1.29, 1.82) is 0 Å². The second-order valence-corrected chi connectivity index (χ2v) is 5.26. The molecule has 2 N–H and O–H groups in total. The monoisotopic (exact) mass is 341 g/mol. The van der Waals surface area contributed by atoms with E-state index in [9.17, 15) is 10.1 Å². The van der Waals surface area contributed by atoms with E-state index in [1.165, 1.54) is 18.2 Å². The number of halogens is 2. The fraction of sp³-hybridized carbons (Fsp3) is 0. The van der Waals surface area contributed by atoms with Crippen LogP contribution in [0.2, 0.25) is 10.0 Å². The Balaban J connectivity index is 2.08. The molecule has 0 atom stereocenters. The fourth-order valence-corrected chi connectivity index (χ4v) is 2.21. The lowest BCUT2D eigenvalue weighted by Gasteiger charge is -2.11. The number of anilines is 2. The number of nitro benzene ring substituents is 1. The van der Waals surface area contributed by atoms with Crippen molar-refractivity contribution in [2.75, 3.05) is 10.6 Å². The highest BCUT2D eigenvalue weighted by Gasteiger charge is 2.10. The molecule has 0 aliphatic rings. The molecule has 2 aromatic carbocycles. The molecule has 2 rings (SSSR count). The number of non-ortho nitro benzene ring substituents is 1. The summed E-state index contributed by atoms with van der Waals surface area (Å²) in [4.78, 5) is 10.1. The van der Waals surface area contributed by atoms with E-state index in [0.29, 0.717) is 15.8 Å². The molecule has 21 heavy (non-hydrogen) atoms. The molecule has 0 heterocycles. The SMILES string of the molecule is O=[N+]([O-])c1ccc(NC(=S)Nc2cccc(Cl)c2)c(Cl)c1. The van der Waals surface area contributed by atoms with Gasteiger partial charge in [-0.3, -0.25) is 10.1 Å². The Bertz CT molecular complexity index is 710. The van der Waals surface area contributed by atoms with Gasteiger partial charge in [-0.05, 0) is 36.5 Å². The van der Waals surface area contributed by atoms with Gasteiger partial charge in [0.2, 0.25) is 0 Å². The number of nitrogens with one attached hydrogen (secondary N) is 2. The highest BCUT2D eigenvalue weighted by atomic mass is 35.5. The molecule has 108 valence electrons. The summed E-state index contributed by atoms with van der Waals surface area (Å²) in [7, 11) is 0. The van der Waals surface area contributed by atoms with Crippen LogP contribution in [0.25, 0.3) is 0 Å². The van der Waals surface area contributed by atoms with Crippen LogP contribution in [0.15, 0.2) is 42.5 Å². The number of rotatable bonds is 3. The van der Waals surface area contributed by atoms with Gasteiger partial charge >= 0.3 is 0 Å². The molecule has 0 radical (unpaired) electrons. The first kappa shape index (κ1) is 15.5. The summed E-state index contributed by atoms with van der Waals surface area (Å²) < 4.78 is 0. The number of nitrogens with zero attached hydrogens (tertiary/aromatic N) is 1. The van der Waals surface area contributed by atoms with E-state index in [4.69, 9.17) is 35.4 Å². The molecule has 5 nitrogen and oxygen atoms in total. The Morgan fingerprint density at radius 1 is 1.14 bits per heavy atom. The lowest BCUT2D eigenvalue weighted by molar-refractivity contribution is -0.384. The predicted octanol–water partition coefficient (Wildman–Crippen LogP) is 4.71. The van der Waals surface area contributed by atoms with Crippen LogP contribution in [0.5, 0.6) is 0 Å². The van der Waals surface area contributed by atoms with E-state index in [-0.39, 0.29) is 10.7 Å². The largest absolute Gasteiger partial charge is 0.332 e. The van der Waals surface area contributed by atoms with Crippen molar-refractivity contribution in [2.24, 2.45) is 0 Å². The van der Waals surface area contributed by atoms with Crippen molar-refractivity contribution >= 4 is 57.6 Å². The Morgan fingerprint density at radius 3 is 2.52 bits per heavy atom. The first-order chi connectivity index (χ1) is 9.95. The Hall–Kier alpha value is -1.89. The Kier molecular flexibility index (Phi) is 4.95. The average Bonchev–Trinajstić information content (AvgIpc) is 2.40. The molecule has 0 bridgehead atoms. The van der Waals surface area contributed by atoms with Crippen molar-refractivity contribution in [3.8, 4) is 0 Å². The minimum atomic E-state index is -0.516. The van der Waals surface area contributed by atoms with E-state index in [2.05, 4.69) is 10.6 Å². The third kappa shape index (κ3) is 4.29. The summed E-state index contributed by atoms with van der Waals surface area (Å²) in [5, 5.41) is 17.5. The van der Waals surface area contributed by atoms with Gasteiger partial charge in [-0.25, -0.2) is 0 Å². The highest BCUT2D eigenvalue weighted by Crippen LogP contribution is 2.26. The molecule has 2 aromatic rings. The summed E-state index contributed by atoms with van der Waals surface area (Å²) in [6.07, 6.45) is 0. The fourth-order valence-electron chi connectivity index (χ4n) is 1.57. The molecule has 0 unspecified atom stereocenters. The topological polar surface area (TPSA) is 67.2 Å². The minimum absolute atomic E-state index is 0.0840. The summed E-state index contributed by atoms with van der Waals surface area (Å²) in [6, 6.07) is 11.1. The molecule has 0 spiro atoms. The zero-order valence-corrected chi connectivity index (χ0v) is 12.8. The van der Waals surface area contributed by atoms with Crippen molar-refractivity contribution in [2.45, 2.75) is 0 Å². The molecule has 0 fully saturated rings. The zero-order valence-electron chi connectivity index (χ0n) is 10.5. The maximum atomic E-state index is 10.6. The van der Waals surface area contributed by atoms with Gasteiger partial charge in [0.15, 0.2) is 5.11 Å². The van der Waals surface area contributed by atoms with E-state index in [1.807, 2.05) is 0 Å². The van der Waals surface area contributed by atoms with Gasteiger partial charge in [0.1, 0.15) is 0 Å². The zero-order chi connectivity index (χ0) is 15.4. The van der Waals surface area contributed by atoms with Gasteiger partial charge in [0.05, 0.1) is 15.6 Å². The van der Waals surface area contributed by atoms with Crippen LogP contribution in [0, 0.1) is 10.1 Å². The number of nitro groups is 1. The van der Waals surface area contributed by atoms with Crippen molar-refractivity contribution < 1.29 is 4.92 Å². The molecule has 0 amide bonds. The van der Waals surface area contributed by atoms with E-state index in [1.54, 1.807) is 24.3 Å². The molecular weight excluding hydrogens is 333 g/mol. The third-order valence-electron chi connectivity index (χ3n) is 2.49. The van der Waals surface area contributed by atoms with Crippen LogP contribution in [-0.2, 0) is 0 Å². The highest BCUT2D eigenvalue weighted by molar-refractivity contribution is 7.80. The first-order valence-electron chi connectivity index (χ1n) is 5.73. The maximum Gasteiger partial charge on any atom is 0.271 e. The Labute approximate surface area is 136 Å². The van der Waals surface area contributed by atoms with Crippen LogP contribution < -0.4 is 10.6 Å². The maximum absolute atomic E-state index is 10.6. The van der Waals surface area contributed by atoms with Crippen molar-refractivity contribution in [3.63, 3.8) is 0 Å². The average molecular weight is 342 g/mol. The molecule has 0 aliphatic heterocycles. The van der Waals surface area contributed by atoms with Gasteiger partial charge in [-0.15, -0.1) is 0 Å². The van der Waals surface area contributed by atoms with Crippen LogP contribution in [0.1, 0.15) is 0 Å². The molecule has 0 aromatic heterocycles. The third-order valence-corrected chi connectivity index (χ3v) is 3.25. The van der Waals surface area contributed by atoms with E-state index < -0.39 is 4.92 Å². The van der Waals surface area contributed by atoms with Crippen LogP contribution in [0.3, 0.4) is 0 Å². The van der Waals surface area contributed by atoms with Gasteiger partial charge in [-0.1, -0.05) is 29.3 Å². The lowest BCUT2D eigenvalue weighted by Crippen LogP contribution is -2.19. The van der Waals surface area contributed by atoms with Gasteiger partial charge in [0.25, 0.3) is 5.69 Å². The number of benzene rings is 2. The smallest absolute Gasteiger partial charge is 0.271 e. The number of thiocarbonyl (C=S) groups is 1. The standard InChI is InChI=1S/C13H9Cl2N3O2S/c14-8-2-1-3-9(6-8)16-13(21)17-12-5-4-10(18(19)20)7-11(12)15/h1-7H,(H2,16,17,21).